The number of carbonyl (C=O) groups excluding carboxylic acids is 1. The lowest BCUT2D eigenvalue weighted by molar-refractivity contribution is -0.107. The van der Waals surface area contributed by atoms with Gasteiger partial charge < -0.3 is 19.5 Å². The molecule has 1 N–H and O–H groups in total. The van der Waals surface area contributed by atoms with Crippen molar-refractivity contribution in [2.45, 2.75) is 69.5 Å². The number of amides is 1. The summed E-state index contributed by atoms with van der Waals surface area (Å²) in [6.45, 7) is 3.77. The van der Waals surface area contributed by atoms with Gasteiger partial charge in [-0.25, -0.2) is 4.79 Å². The molecule has 0 bridgehead atoms. The summed E-state index contributed by atoms with van der Waals surface area (Å²) in [5, 5.41) is 9.63. The van der Waals surface area contributed by atoms with Crippen molar-refractivity contribution in [2.24, 2.45) is 0 Å². The molecule has 0 spiro atoms. The summed E-state index contributed by atoms with van der Waals surface area (Å²) in [7, 11) is 0. The predicted octanol–water partition coefficient (Wildman–Crippen LogP) is 2.79. The van der Waals surface area contributed by atoms with Crippen LogP contribution >= 0.6 is 0 Å². The van der Waals surface area contributed by atoms with Crippen LogP contribution in [0.5, 0.6) is 0 Å². The number of benzene rings is 1. The van der Waals surface area contributed by atoms with E-state index >= 15 is 0 Å². The molecule has 6 nitrogen and oxygen atoms in total. The number of ether oxygens (including phenoxy) is 2. The molecule has 1 amide bonds. The minimum Gasteiger partial charge on any atom is -0.445 e. The average Bonchev–Trinajstić information content (AvgIpc) is 2.71. The highest BCUT2D eigenvalue weighted by Gasteiger charge is 2.37. The molecule has 2 heterocycles. The fourth-order valence-electron chi connectivity index (χ4n) is 4.46. The Labute approximate surface area is 167 Å². The number of hydrogen-bond donors (Lipinski definition) is 1. The number of piperidine rings is 2. The third-order valence-corrected chi connectivity index (χ3v) is 6.38. The standard InChI is InChI=1S/C22H32N2O4/c25-19-6-10-23(11-7-19)18-14-21(15-18)28-20-8-12-24(13-9-20)22(26)27-16-17-4-2-1-3-5-17/h1-5,18-21,25H,6-16H2. The first-order chi connectivity index (χ1) is 13.7. The maximum Gasteiger partial charge on any atom is 0.410 e. The van der Waals surface area contributed by atoms with Gasteiger partial charge in [-0.2, -0.15) is 0 Å². The first-order valence-corrected chi connectivity index (χ1v) is 10.7. The molecule has 2 aliphatic heterocycles. The molecular weight excluding hydrogens is 356 g/mol. The van der Waals surface area contributed by atoms with Gasteiger partial charge in [-0.1, -0.05) is 30.3 Å². The smallest absolute Gasteiger partial charge is 0.410 e. The molecule has 4 rings (SSSR count). The summed E-state index contributed by atoms with van der Waals surface area (Å²) >= 11 is 0. The van der Waals surface area contributed by atoms with Gasteiger partial charge in [-0.05, 0) is 44.1 Å². The van der Waals surface area contributed by atoms with Crippen molar-refractivity contribution in [3.63, 3.8) is 0 Å². The van der Waals surface area contributed by atoms with E-state index in [1.165, 1.54) is 0 Å². The number of aliphatic hydroxyl groups is 1. The Bertz CT molecular complexity index is 619. The maximum absolute atomic E-state index is 12.2. The van der Waals surface area contributed by atoms with Crippen molar-refractivity contribution in [1.29, 1.82) is 0 Å². The molecule has 1 aromatic rings. The van der Waals surface area contributed by atoms with E-state index in [1.54, 1.807) is 4.90 Å². The Morgan fingerprint density at radius 1 is 0.964 bits per heavy atom. The number of aliphatic hydroxyl groups excluding tert-OH is 1. The highest BCUT2D eigenvalue weighted by Crippen LogP contribution is 2.32. The quantitative estimate of drug-likeness (QED) is 0.840. The van der Waals surface area contributed by atoms with Crippen LogP contribution in [0.15, 0.2) is 30.3 Å². The van der Waals surface area contributed by atoms with E-state index in [2.05, 4.69) is 4.90 Å². The Hall–Kier alpha value is -1.63. The molecule has 6 heteroatoms. The van der Waals surface area contributed by atoms with Crippen LogP contribution in [-0.4, -0.2) is 71.5 Å². The molecule has 2 saturated heterocycles. The first kappa shape index (κ1) is 19.7. The maximum atomic E-state index is 12.2. The van der Waals surface area contributed by atoms with Crippen molar-refractivity contribution < 1.29 is 19.4 Å². The number of rotatable bonds is 5. The Kier molecular flexibility index (Phi) is 6.50. The largest absolute Gasteiger partial charge is 0.445 e. The van der Waals surface area contributed by atoms with Gasteiger partial charge in [0.1, 0.15) is 6.61 Å². The monoisotopic (exact) mass is 388 g/mol. The van der Waals surface area contributed by atoms with Crippen molar-refractivity contribution in [3.8, 4) is 0 Å². The molecule has 1 aliphatic carbocycles. The van der Waals surface area contributed by atoms with Crippen molar-refractivity contribution in [3.05, 3.63) is 35.9 Å². The van der Waals surface area contributed by atoms with Crippen molar-refractivity contribution >= 4 is 6.09 Å². The average molecular weight is 389 g/mol. The number of likely N-dealkylation sites (tertiary alicyclic amines) is 2. The zero-order valence-electron chi connectivity index (χ0n) is 16.5. The lowest BCUT2D eigenvalue weighted by Crippen LogP contribution is -2.52. The summed E-state index contributed by atoms with van der Waals surface area (Å²) in [6, 6.07) is 10.4. The first-order valence-electron chi connectivity index (χ1n) is 10.7. The molecular formula is C22H32N2O4. The van der Waals surface area contributed by atoms with E-state index in [9.17, 15) is 9.90 Å². The second-order valence-corrected chi connectivity index (χ2v) is 8.38. The molecule has 154 valence electrons. The lowest BCUT2D eigenvalue weighted by atomic mass is 9.86. The topological polar surface area (TPSA) is 62.2 Å². The van der Waals surface area contributed by atoms with Crippen LogP contribution in [-0.2, 0) is 16.1 Å². The minimum atomic E-state index is -0.224. The molecule has 1 aromatic carbocycles. The second kappa shape index (κ2) is 9.25. The number of carbonyl (C=O) groups is 1. The summed E-state index contributed by atoms with van der Waals surface area (Å²) in [5.41, 5.74) is 1.01. The predicted molar refractivity (Wildman–Crippen MR) is 106 cm³/mol. The summed E-state index contributed by atoms with van der Waals surface area (Å²) < 4.78 is 11.7. The summed E-state index contributed by atoms with van der Waals surface area (Å²) in [6.07, 6.45) is 6.08. The molecule has 28 heavy (non-hydrogen) atoms. The van der Waals surface area contributed by atoms with Crippen molar-refractivity contribution in [1.82, 2.24) is 9.80 Å². The van der Waals surface area contributed by atoms with Gasteiger partial charge in [-0.3, -0.25) is 4.90 Å². The second-order valence-electron chi connectivity index (χ2n) is 8.38. The van der Waals surface area contributed by atoms with Crippen LogP contribution in [0.3, 0.4) is 0 Å². The highest BCUT2D eigenvalue weighted by molar-refractivity contribution is 5.67. The van der Waals surface area contributed by atoms with Crippen LogP contribution in [0, 0.1) is 0 Å². The Morgan fingerprint density at radius 3 is 2.32 bits per heavy atom. The fraction of sp³-hybridized carbons (Fsp3) is 0.682. The van der Waals surface area contributed by atoms with Gasteiger partial charge in [0.05, 0.1) is 18.3 Å². The van der Waals surface area contributed by atoms with Crippen LogP contribution < -0.4 is 0 Å². The molecule has 1 saturated carbocycles. The summed E-state index contributed by atoms with van der Waals surface area (Å²) in [4.78, 5) is 16.6. The zero-order valence-corrected chi connectivity index (χ0v) is 16.5. The minimum absolute atomic E-state index is 0.104. The normalized spacial score (nSPS) is 27.4. The number of hydrogen-bond acceptors (Lipinski definition) is 5. The van der Waals surface area contributed by atoms with Crippen LogP contribution in [0.4, 0.5) is 4.79 Å². The number of nitrogens with zero attached hydrogens (tertiary/aromatic N) is 2. The van der Waals surface area contributed by atoms with E-state index in [-0.39, 0.29) is 18.3 Å². The summed E-state index contributed by atoms with van der Waals surface area (Å²) in [5.74, 6) is 0. The fourth-order valence-corrected chi connectivity index (χ4v) is 4.46. The van der Waals surface area contributed by atoms with Crippen molar-refractivity contribution in [2.75, 3.05) is 26.2 Å². The third kappa shape index (κ3) is 5.04. The lowest BCUT2D eigenvalue weighted by Gasteiger charge is -2.46. The van der Waals surface area contributed by atoms with Gasteiger partial charge >= 0.3 is 6.09 Å². The molecule has 0 radical (unpaired) electrons. The Balaban J connectivity index is 1.11. The van der Waals surface area contributed by atoms with Gasteiger partial charge in [0.25, 0.3) is 0 Å². The molecule has 3 aliphatic rings. The zero-order chi connectivity index (χ0) is 19.3. The van der Waals surface area contributed by atoms with Gasteiger partial charge in [0.15, 0.2) is 0 Å². The van der Waals surface area contributed by atoms with E-state index in [0.717, 1.165) is 57.2 Å². The van der Waals surface area contributed by atoms with E-state index in [0.29, 0.717) is 31.8 Å². The van der Waals surface area contributed by atoms with Gasteiger partial charge in [0.2, 0.25) is 0 Å². The highest BCUT2D eigenvalue weighted by atomic mass is 16.6. The van der Waals surface area contributed by atoms with E-state index in [4.69, 9.17) is 9.47 Å². The van der Waals surface area contributed by atoms with Crippen LogP contribution in [0.25, 0.3) is 0 Å². The van der Waals surface area contributed by atoms with Crippen LogP contribution in [0.2, 0.25) is 0 Å². The SMILES string of the molecule is O=C(OCc1ccccc1)N1CCC(OC2CC(N3CCC(O)CC3)C2)CC1. The molecule has 3 fully saturated rings. The van der Waals surface area contributed by atoms with Gasteiger partial charge in [-0.15, -0.1) is 0 Å². The molecule has 0 atom stereocenters. The van der Waals surface area contributed by atoms with Gasteiger partial charge in [0, 0.05) is 32.2 Å². The van der Waals surface area contributed by atoms with E-state index < -0.39 is 0 Å². The Morgan fingerprint density at radius 2 is 1.64 bits per heavy atom. The third-order valence-electron chi connectivity index (χ3n) is 6.38. The van der Waals surface area contributed by atoms with Crippen LogP contribution in [0.1, 0.15) is 44.1 Å². The van der Waals surface area contributed by atoms with E-state index in [1.807, 2.05) is 30.3 Å². The molecule has 0 aromatic heterocycles. The molecule has 0 unspecified atom stereocenters.